The van der Waals surface area contributed by atoms with Gasteiger partial charge in [0.05, 0.1) is 18.5 Å². The summed E-state index contributed by atoms with van der Waals surface area (Å²) >= 11 is 3.53. The van der Waals surface area contributed by atoms with Crippen molar-refractivity contribution in [3.63, 3.8) is 0 Å². The van der Waals surface area contributed by atoms with E-state index in [1.165, 1.54) is 0 Å². The number of aromatic nitrogens is 2. The fourth-order valence-corrected chi connectivity index (χ4v) is 4.06. The van der Waals surface area contributed by atoms with Gasteiger partial charge >= 0.3 is 0 Å². The van der Waals surface area contributed by atoms with Crippen LogP contribution in [-0.2, 0) is 12.0 Å². The largest absolute Gasteiger partial charge is 0.496 e. The Kier molecular flexibility index (Phi) is 8.08. The van der Waals surface area contributed by atoms with E-state index in [2.05, 4.69) is 15.9 Å². The Hall–Kier alpha value is -1.85. The third-order valence-corrected chi connectivity index (χ3v) is 5.27. The maximum absolute atomic E-state index is 11.8. The van der Waals surface area contributed by atoms with Gasteiger partial charge in [-0.2, -0.15) is 0 Å². The van der Waals surface area contributed by atoms with Gasteiger partial charge in [-0.05, 0) is 59.8 Å². The van der Waals surface area contributed by atoms with Gasteiger partial charge in [-0.3, -0.25) is 4.40 Å². The summed E-state index contributed by atoms with van der Waals surface area (Å²) in [6, 6.07) is 11.7. The van der Waals surface area contributed by atoms with Gasteiger partial charge in [-0.15, -0.1) is 0 Å². The third-order valence-electron chi connectivity index (χ3n) is 4.80. The zero-order valence-corrected chi connectivity index (χ0v) is 19.1. The number of rotatable bonds is 2. The van der Waals surface area contributed by atoms with E-state index in [4.69, 9.17) is 9.72 Å². The fourth-order valence-electron chi connectivity index (χ4n) is 3.72. The lowest BCUT2D eigenvalue weighted by atomic mass is 9.85. The van der Waals surface area contributed by atoms with Crippen molar-refractivity contribution in [1.82, 2.24) is 9.38 Å². The first-order chi connectivity index (χ1) is 13.6. The van der Waals surface area contributed by atoms with Crippen LogP contribution in [0.5, 0.6) is 5.75 Å². The molecule has 2 heterocycles. The molecule has 0 radical (unpaired) electrons. The molecular formula is C23H31BrN2O2. The monoisotopic (exact) mass is 446 g/mol. The average molecular weight is 447 g/mol. The van der Waals surface area contributed by atoms with Gasteiger partial charge < -0.3 is 9.84 Å². The Labute approximate surface area is 176 Å². The van der Waals surface area contributed by atoms with Crippen molar-refractivity contribution in [3.05, 3.63) is 64.0 Å². The lowest BCUT2D eigenvalue weighted by Gasteiger charge is -2.29. The number of nitrogens with zero attached hydrogens (tertiary/aromatic N) is 2. The minimum Gasteiger partial charge on any atom is -0.496 e. The van der Waals surface area contributed by atoms with Crippen LogP contribution in [0.3, 0.4) is 0 Å². The molecule has 3 aromatic rings. The number of para-hydroxylation sites is 1. The van der Waals surface area contributed by atoms with Gasteiger partial charge in [0.15, 0.2) is 0 Å². The summed E-state index contributed by atoms with van der Waals surface area (Å²) in [5.41, 5.74) is 2.38. The molecule has 0 spiro atoms. The van der Waals surface area contributed by atoms with E-state index in [0.29, 0.717) is 12.2 Å². The molecule has 1 aliphatic carbocycles. The van der Waals surface area contributed by atoms with Crippen molar-refractivity contribution in [2.45, 2.75) is 59.0 Å². The highest BCUT2D eigenvalue weighted by atomic mass is 79.9. The first-order valence-corrected chi connectivity index (χ1v) is 11.0. The first kappa shape index (κ1) is 22.4. The number of fused-ring (bicyclic) bond motifs is 3. The molecule has 0 saturated carbocycles. The molecule has 1 aromatic carbocycles. The van der Waals surface area contributed by atoms with E-state index in [9.17, 15) is 5.11 Å². The van der Waals surface area contributed by atoms with Crippen molar-refractivity contribution in [1.29, 1.82) is 0 Å². The Morgan fingerprint density at radius 1 is 1.07 bits per heavy atom. The molecule has 2 aromatic heterocycles. The smallest absolute Gasteiger partial charge is 0.137 e. The second-order valence-electron chi connectivity index (χ2n) is 6.25. The highest BCUT2D eigenvalue weighted by molar-refractivity contribution is 9.10. The molecule has 0 aliphatic heterocycles. The molecule has 152 valence electrons. The summed E-state index contributed by atoms with van der Waals surface area (Å²) in [4.78, 5) is 4.77. The second-order valence-corrected chi connectivity index (χ2v) is 7.17. The normalized spacial score (nSPS) is 18.1. The van der Waals surface area contributed by atoms with Gasteiger partial charge in [-0.25, -0.2) is 4.98 Å². The number of halogens is 1. The van der Waals surface area contributed by atoms with Gasteiger partial charge in [0, 0.05) is 16.2 Å². The molecule has 1 N–H and O–H groups in total. The molecule has 0 saturated heterocycles. The molecule has 1 aliphatic rings. The van der Waals surface area contributed by atoms with E-state index < -0.39 is 5.60 Å². The molecule has 4 rings (SSSR count). The van der Waals surface area contributed by atoms with Crippen LogP contribution in [0.2, 0.25) is 0 Å². The molecule has 4 nitrogen and oxygen atoms in total. The maximum Gasteiger partial charge on any atom is 0.137 e. The number of hydrogen-bond acceptors (Lipinski definition) is 3. The second kappa shape index (κ2) is 10.1. The predicted octanol–water partition coefficient (Wildman–Crippen LogP) is 6.12. The standard InChI is InChI=1S/C19H19BrN2O2.2C2H6/c1-24-16-8-3-2-6-14(16)19(23)11-5-4-7-15-18(19)22-12-13(20)9-10-17(22)21-15;2*1-2/h2-3,6,8-10,12,23H,4-5,7,11H2,1H3;2*1-2H3. The zero-order valence-electron chi connectivity index (χ0n) is 17.5. The Morgan fingerprint density at radius 3 is 2.50 bits per heavy atom. The molecule has 28 heavy (non-hydrogen) atoms. The number of benzene rings is 1. The van der Waals surface area contributed by atoms with Crippen molar-refractivity contribution in [2.24, 2.45) is 0 Å². The van der Waals surface area contributed by atoms with Crippen LogP contribution in [0.1, 0.15) is 63.9 Å². The van der Waals surface area contributed by atoms with Crippen molar-refractivity contribution >= 4 is 21.6 Å². The van der Waals surface area contributed by atoms with Crippen LogP contribution in [-0.4, -0.2) is 21.6 Å². The summed E-state index contributed by atoms with van der Waals surface area (Å²) < 4.78 is 8.50. The van der Waals surface area contributed by atoms with E-state index in [1.54, 1.807) is 7.11 Å². The number of ether oxygens (including phenoxy) is 1. The highest BCUT2D eigenvalue weighted by Gasteiger charge is 2.40. The summed E-state index contributed by atoms with van der Waals surface area (Å²) in [5.74, 6) is 0.706. The number of pyridine rings is 1. The van der Waals surface area contributed by atoms with Crippen LogP contribution in [0.25, 0.3) is 5.65 Å². The third kappa shape index (κ3) is 4.11. The SMILES string of the molecule is CC.CC.COc1ccccc1C1(O)CCCCc2nc3ccc(Br)cn3c21. The van der Waals surface area contributed by atoms with Crippen LogP contribution in [0, 0.1) is 0 Å². The van der Waals surface area contributed by atoms with Crippen molar-refractivity contribution < 1.29 is 9.84 Å². The molecule has 0 fully saturated rings. The topological polar surface area (TPSA) is 46.8 Å². The summed E-state index contributed by atoms with van der Waals surface area (Å²) in [7, 11) is 1.64. The highest BCUT2D eigenvalue weighted by Crippen LogP contribution is 2.43. The van der Waals surface area contributed by atoms with E-state index in [1.807, 2.05) is 74.7 Å². The van der Waals surface area contributed by atoms with Crippen LogP contribution in [0.15, 0.2) is 47.1 Å². The number of aryl methyl sites for hydroxylation is 1. The molecular weight excluding hydrogens is 416 g/mol. The zero-order chi connectivity index (χ0) is 20.7. The quantitative estimate of drug-likeness (QED) is 0.482. The van der Waals surface area contributed by atoms with Crippen molar-refractivity contribution in [2.75, 3.05) is 7.11 Å². The Balaban J connectivity index is 0.000000660. The molecule has 1 unspecified atom stereocenters. The number of methoxy groups -OCH3 is 1. The first-order valence-electron chi connectivity index (χ1n) is 10.2. The minimum absolute atomic E-state index is 0.653. The van der Waals surface area contributed by atoms with E-state index in [-0.39, 0.29) is 0 Å². The number of aliphatic hydroxyl groups is 1. The van der Waals surface area contributed by atoms with Crippen molar-refractivity contribution in [3.8, 4) is 5.75 Å². The minimum atomic E-state index is -1.11. The predicted molar refractivity (Wildman–Crippen MR) is 119 cm³/mol. The Bertz CT molecular complexity index is 907. The van der Waals surface area contributed by atoms with E-state index >= 15 is 0 Å². The van der Waals surface area contributed by atoms with Gasteiger partial charge in [0.25, 0.3) is 0 Å². The van der Waals surface area contributed by atoms with Gasteiger partial charge in [-0.1, -0.05) is 45.9 Å². The molecule has 5 heteroatoms. The summed E-state index contributed by atoms with van der Waals surface area (Å²) in [6.07, 6.45) is 5.48. The number of hydrogen-bond donors (Lipinski definition) is 1. The lowest BCUT2D eigenvalue weighted by Crippen LogP contribution is -2.30. The fraction of sp³-hybridized carbons (Fsp3) is 0.435. The number of imidazole rings is 1. The van der Waals surface area contributed by atoms with Crippen LogP contribution >= 0.6 is 15.9 Å². The van der Waals surface area contributed by atoms with Crippen LogP contribution in [0.4, 0.5) is 0 Å². The Morgan fingerprint density at radius 2 is 1.79 bits per heavy atom. The van der Waals surface area contributed by atoms with Crippen LogP contribution < -0.4 is 4.74 Å². The molecule has 0 amide bonds. The maximum atomic E-state index is 11.8. The lowest BCUT2D eigenvalue weighted by molar-refractivity contribution is 0.0624. The van der Waals surface area contributed by atoms with E-state index in [0.717, 1.165) is 46.3 Å². The molecule has 0 bridgehead atoms. The average Bonchev–Trinajstić information content (AvgIpc) is 3.03. The van der Waals surface area contributed by atoms with Gasteiger partial charge in [0.2, 0.25) is 0 Å². The van der Waals surface area contributed by atoms with Gasteiger partial charge in [0.1, 0.15) is 17.0 Å². The summed E-state index contributed by atoms with van der Waals surface area (Å²) in [5, 5.41) is 11.8. The molecule has 1 atom stereocenters. The summed E-state index contributed by atoms with van der Waals surface area (Å²) in [6.45, 7) is 8.00.